The van der Waals surface area contributed by atoms with Gasteiger partial charge in [-0.3, -0.25) is 9.59 Å². The van der Waals surface area contributed by atoms with Gasteiger partial charge in [-0.15, -0.1) is 0 Å². The Labute approximate surface area is 392 Å². The Morgan fingerprint density at radius 2 is 1.13 bits per heavy atom. The summed E-state index contributed by atoms with van der Waals surface area (Å²) in [5, 5.41) is 22.2. The fraction of sp³-hybridized carbons (Fsp3) is 0.458. The van der Waals surface area contributed by atoms with E-state index in [4.69, 9.17) is 56.4 Å². The minimum absolute atomic E-state index is 0.227. The van der Waals surface area contributed by atoms with Crippen LogP contribution in [0.25, 0.3) is 0 Å². The van der Waals surface area contributed by atoms with Crippen LogP contribution in [-0.2, 0) is 50.8 Å². The number of benzene rings is 4. The molecule has 15 heteroatoms. The van der Waals surface area contributed by atoms with E-state index in [0.717, 1.165) is 22.6 Å². The number of rotatable bonds is 7. The zero-order chi connectivity index (χ0) is 45.2. The topological polar surface area (TPSA) is 142 Å². The molecule has 0 bridgehead atoms. The van der Waals surface area contributed by atoms with Crippen molar-refractivity contribution >= 4 is 57.5 Å². The molecule has 8 atom stereocenters. The second-order valence-electron chi connectivity index (χ2n) is 17.2. The Morgan fingerprint density at radius 1 is 0.667 bits per heavy atom. The molecular formula is C48H54Cl2INO11. The van der Waals surface area contributed by atoms with Gasteiger partial charge in [0, 0.05) is 32.3 Å². The van der Waals surface area contributed by atoms with Crippen LogP contribution in [0.4, 0.5) is 0 Å². The number of hydrogen-bond acceptors (Lipinski definition) is 11. The monoisotopic (exact) mass is 1020 g/mol. The molecule has 5 aliphatic heterocycles. The van der Waals surface area contributed by atoms with Gasteiger partial charge in [-0.1, -0.05) is 82.9 Å². The first-order chi connectivity index (χ1) is 29.9. The second kappa shape index (κ2) is 20.2. The zero-order valence-corrected chi connectivity index (χ0v) is 39.8. The molecule has 4 aromatic rings. The number of hydrogen-bond donors (Lipinski definition) is 2. The van der Waals surface area contributed by atoms with Crippen LogP contribution < -0.4 is 0 Å². The second-order valence-corrected chi connectivity index (χ2v) is 19.3. The molecule has 9 rings (SSSR count). The highest BCUT2D eigenvalue weighted by molar-refractivity contribution is 14.1. The summed E-state index contributed by atoms with van der Waals surface area (Å²) in [5.41, 5.74) is 7.36. The summed E-state index contributed by atoms with van der Waals surface area (Å²) < 4.78 is 40.0. The van der Waals surface area contributed by atoms with E-state index in [2.05, 4.69) is 59.8 Å². The number of ether oxygens (including phenoxy) is 7. The maximum absolute atomic E-state index is 13.0. The normalized spacial score (nSPS) is 27.7. The number of aryl methyl sites for hydroxylation is 2. The smallest absolute Gasteiger partial charge is 0.254 e. The van der Waals surface area contributed by atoms with Gasteiger partial charge in [-0.25, -0.2) is 0 Å². The van der Waals surface area contributed by atoms with Crippen molar-refractivity contribution in [2.24, 2.45) is 0 Å². The number of ketones is 1. The van der Waals surface area contributed by atoms with Crippen molar-refractivity contribution in [3.8, 4) is 0 Å². The van der Waals surface area contributed by atoms with E-state index in [1.807, 2.05) is 43.3 Å². The molecule has 1 amide bonds. The number of carbonyl (C=O) groups excluding carboxylic acids is 2. The SMILES string of the molecule is CC1(C)O[C@@H]2O[C@@H](C(=O)N3CCOCC3)[C@@H](O)[C@@H]2O1.Cc1ccc(Cc2cc(C(=O)[C@@H]3O[C@H]4OC(C)(C)O[C@H]4[C@@H]3O)ccc2Cl)cc1.Cc1ccc(Cc2cc(I)ccc2Cl)cc1. The summed E-state index contributed by atoms with van der Waals surface area (Å²) in [6, 6.07) is 28.0. The number of fused-ring (bicyclic) bond motifs is 2. The fourth-order valence-corrected chi connectivity index (χ4v) is 8.85. The van der Waals surface area contributed by atoms with Gasteiger partial charge in [0.05, 0.1) is 13.2 Å². The van der Waals surface area contributed by atoms with Crippen molar-refractivity contribution < 1.29 is 53.0 Å². The predicted octanol–water partition coefficient (Wildman–Crippen LogP) is 7.59. The molecule has 0 saturated carbocycles. The number of Topliss-reactive ketones (excluding diaryl/α,β-unsaturated/α-hetero) is 1. The van der Waals surface area contributed by atoms with Crippen LogP contribution >= 0.6 is 45.8 Å². The number of nitrogens with zero attached hydrogens (tertiary/aromatic N) is 1. The lowest BCUT2D eigenvalue weighted by Crippen LogP contribution is -2.50. The van der Waals surface area contributed by atoms with Crippen LogP contribution in [0.5, 0.6) is 0 Å². The standard InChI is InChI=1S/C22H23ClO5.C14H12ClI.C12H19NO6/c1-12-4-6-13(7-5-12)10-15-11-14(8-9-16(15)23)17(24)19-18(25)20-21(26-19)28-22(2,3)27-20;1-10-2-4-11(5-3-10)8-12-9-13(16)6-7-14(12)15;1-12(2)18-9-7(14)8(17-11(9)19-12)10(15)13-3-5-16-6-4-13/h4-9,11,18-21,25H,10H2,1-3H3;2-7,9H,8H2,1H3;7-9,11,14H,3-6H2,1-2H3/t18-,19+,20+,21+;;7-,8-,9+,11+/m1.1/s1. The van der Waals surface area contributed by atoms with Crippen LogP contribution in [0, 0.1) is 17.4 Å². The maximum atomic E-state index is 13.0. The average molecular weight is 1020 g/mol. The van der Waals surface area contributed by atoms with E-state index >= 15 is 0 Å². The molecule has 12 nitrogen and oxygen atoms in total. The van der Waals surface area contributed by atoms with Crippen molar-refractivity contribution in [2.45, 2.75) is 115 Å². The van der Waals surface area contributed by atoms with E-state index in [0.29, 0.717) is 43.3 Å². The average Bonchev–Trinajstić information content (AvgIpc) is 3.93. The molecule has 0 radical (unpaired) electrons. The molecule has 5 heterocycles. The number of aliphatic hydroxyl groups is 2. The highest BCUT2D eigenvalue weighted by atomic mass is 127. The molecule has 4 aromatic carbocycles. The van der Waals surface area contributed by atoms with Crippen molar-refractivity contribution in [1.82, 2.24) is 4.90 Å². The molecule has 0 aliphatic carbocycles. The van der Waals surface area contributed by atoms with Crippen LogP contribution in [0.15, 0.2) is 84.9 Å². The molecule has 338 valence electrons. The van der Waals surface area contributed by atoms with E-state index in [9.17, 15) is 19.8 Å². The van der Waals surface area contributed by atoms with E-state index < -0.39 is 60.8 Å². The van der Waals surface area contributed by atoms with Gasteiger partial charge in [0.15, 0.2) is 42.1 Å². The first-order valence-electron chi connectivity index (χ1n) is 21.0. The van der Waals surface area contributed by atoms with Gasteiger partial charge >= 0.3 is 0 Å². The highest BCUT2D eigenvalue weighted by Crippen LogP contribution is 2.39. The van der Waals surface area contributed by atoms with E-state index in [1.165, 1.54) is 25.8 Å². The maximum Gasteiger partial charge on any atom is 0.254 e. The molecule has 0 aromatic heterocycles. The first-order valence-corrected chi connectivity index (χ1v) is 22.8. The Morgan fingerprint density at radius 3 is 1.63 bits per heavy atom. The van der Waals surface area contributed by atoms with Gasteiger partial charge < -0.3 is 48.3 Å². The lowest BCUT2D eigenvalue weighted by Gasteiger charge is -2.30. The number of amides is 1. The number of halogens is 3. The molecule has 5 saturated heterocycles. The van der Waals surface area contributed by atoms with E-state index in [-0.39, 0.29) is 11.7 Å². The molecule has 5 fully saturated rings. The van der Waals surface area contributed by atoms with Gasteiger partial charge in [0.2, 0.25) is 0 Å². The Kier molecular flexibility index (Phi) is 15.4. The van der Waals surface area contributed by atoms with Gasteiger partial charge in [0.25, 0.3) is 5.91 Å². The van der Waals surface area contributed by atoms with Crippen LogP contribution in [0.2, 0.25) is 10.0 Å². The van der Waals surface area contributed by atoms with Crippen LogP contribution in [-0.4, -0.2) is 114 Å². The molecule has 0 spiro atoms. The molecule has 0 unspecified atom stereocenters. The van der Waals surface area contributed by atoms with Crippen molar-refractivity contribution in [2.75, 3.05) is 26.3 Å². The number of morpholine rings is 1. The number of carbonyl (C=O) groups is 2. The molecule has 63 heavy (non-hydrogen) atoms. The Bertz CT molecular complexity index is 2230. The largest absolute Gasteiger partial charge is 0.387 e. The van der Waals surface area contributed by atoms with Crippen molar-refractivity contribution in [3.05, 3.63) is 137 Å². The zero-order valence-electron chi connectivity index (χ0n) is 36.1. The van der Waals surface area contributed by atoms with Crippen molar-refractivity contribution in [1.29, 1.82) is 0 Å². The summed E-state index contributed by atoms with van der Waals surface area (Å²) in [7, 11) is 0. The third-order valence-electron chi connectivity index (χ3n) is 11.2. The van der Waals surface area contributed by atoms with Crippen molar-refractivity contribution in [3.63, 3.8) is 0 Å². The summed E-state index contributed by atoms with van der Waals surface area (Å²) in [6.45, 7) is 13.2. The first kappa shape index (κ1) is 47.9. The lowest BCUT2D eigenvalue weighted by atomic mass is 9.97. The molecular weight excluding hydrogens is 964 g/mol. The third kappa shape index (κ3) is 11.9. The van der Waals surface area contributed by atoms with Gasteiger partial charge in [0.1, 0.15) is 24.4 Å². The minimum Gasteiger partial charge on any atom is -0.387 e. The summed E-state index contributed by atoms with van der Waals surface area (Å²) >= 11 is 14.8. The predicted molar refractivity (Wildman–Crippen MR) is 245 cm³/mol. The Hall–Kier alpha value is -3.03. The molecule has 2 N–H and O–H groups in total. The van der Waals surface area contributed by atoms with Gasteiger partial charge in [-0.05, 0) is 136 Å². The van der Waals surface area contributed by atoms with Gasteiger partial charge in [-0.2, -0.15) is 0 Å². The fourth-order valence-electron chi connectivity index (χ4n) is 7.93. The minimum atomic E-state index is -1.09. The van der Waals surface area contributed by atoms with Crippen LogP contribution in [0.1, 0.15) is 71.4 Å². The summed E-state index contributed by atoms with van der Waals surface area (Å²) in [6.07, 6.45) is -5.23. The quantitative estimate of drug-likeness (QED) is 0.140. The van der Waals surface area contributed by atoms with Crippen LogP contribution in [0.3, 0.4) is 0 Å². The molecule has 5 aliphatic rings. The lowest BCUT2D eigenvalue weighted by molar-refractivity contribution is -0.217. The summed E-state index contributed by atoms with van der Waals surface area (Å²) in [4.78, 5) is 26.9. The van der Waals surface area contributed by atoms with E-state index in [1.54, 1.807) is 50.8 Å². The highest BCUT2D eigenvalue weighted by Gasteiger charge is 2.58. The third-order valence-corrected chi connectivity index (χ3v) is 12.6. The summed E-state index contributed by atoms with van der Waals surface area (Å²) in [5.74, 6) is -2.17. The number of aliphatic hydroxyl groups excluding tert-OH is 2. The Balaban J connectivity index is 0.000000149.